The van der Waals surface area contributed by atoms with Crippen molar-refractivity contribution in [3.8, 4) is 5.69 Å². The number of hydrogen-bond donors (Lipinski definition) is 0. The minimum atomic E-state index is -3.03. The zero-order valence-electron chi connectivity index (χ0n) is 15.1. The van der Waals surface area contributed by atoms with Gasteiger partial charge in [-0.2, -0.15) is 5.10 Å². The molecule has 1 saturated carbocycles. The van der Waals surface area contributed by atoms with Crippen LogP contribution in [0.4, 0.5) is 0 Å². The van der Waals surface area contributed by atoms with E-state index in [1.165, 1.54) is 0 Å². The van der Waals surface area contributed by atoms with Crippen LogP contribution in [0.2, 0.25) is 0 Å². The first-order valence-corrected chi connectivity index (χ1v) is 10.8. The zero-order valence-corrected chi connectivity index (χ0v) is 15.9. The molecule has 26 heavy (non-hydrogen) atoms. The van der Waals surface area contributed by atoms with E-state index >= 15 is 0 Å². The van der Waals surface area contributed by atoms with Gasteiger partial charge in [0, 0.05) is 24.7 Å². The number of nitrogens with zero attached hydrogens (tertiary/aromatic N) is 3. The number of rotatable bonds is 4. The summed E-state index contributed by atoms with van der Waals surface area (Å²) in [5.74, 6) is 0.436. The van der Waals surface area contributed by atoms with E-state index in [1.54, 1.807) is 11.9 Å². The molecule has 1 unspecified atom stereocenters. The van der Waals surface area contributed by atoms with Crippen LogP contribution in [0.5, 0.6) is 0 Å². The van der Waals surface area contributed by atoms with Gasteiger partial charge < -0.3 is 4.90 Å². The zero-order chi connectivity index (χ0) is 18.5. The molecule has 1 aromatic heterocycles. The molecule has 0 spiro atoms. The molecule has 2 heterocycles. The van der Waals surface area contributed by atoms with Crippen molar-refractivity contribution in [1.29, 1.82) is 0 Å². The van der Waals surface area contributed by atoms with Crippen molar-refractivity contribution in [2.75, 3.05) is 18.6 Å². The van der Waals surface area contributed by atoms with Crippen LogP contribution >= 0.6 is 0 Å². The summed E-state index contributed by atoms with van der Waals surface area (Å²) in [5.41, 5.74) is 3.55. The van der Waals surface area contributed by atoms with Gasteiger partial charge in [-0.05, 0) is 49.9 Å². The summed E-state index contributed by atoms with van der Waals surface area (Å²) in [6.45, 7) is 2.03. The van der Waals surface area contributed by atoms with Crippen LogP contribution in [0.1, 0.15) is 46.9 Å². The number of benzene rings is 1. The molecule has 4 rings (SSSR count). The van der Waals surface area contributed by atoms with Crippen LogP contribution in [0, 0.1) is 6.92 Å². The monoisotopic (exact) mass is 373 g/mol. The molecular formula is C19H23N3O3S. The Morgan fingerprint density at radius 2 is 2.00 bits per heavy atom. The van der Waals surface area contributed by atoms with Crippen LogP contribution in [0.3, 0.4) is 0 Å². The average Bonchev–Trinajstić information content (AvgIpc) is 3.24. The van der Waals surface area contributed by atoms with Crippen molar-refractivity contribution < 1.29 is 13.2 Å². The van der Waals surface area contributed by atoms with Crippen LogP contribution in [-0.4, -0.2) is 53.6 Å². The lowest BCUT2D eigenvalue weighted by Gasteiger charge is -2.22. The number of carbonyl (C=O) groups is 1. The number of hydrogen-bond acceptors (Lipinski definition) is 4. The second kappa shape index (κ2) is 6.23. The molecular weight excluding hydrogens is 350 g/mol. The number of aromatic nitrogens is 2. The average molecular weight is 373 g/mol. The third-order valence-corrected chi connectivity index (χ3v) is 7.02. The first-order chi connectivity index (χ1) is 12.3. The highest BCUT2D eigenvalue weighted by Gasteiger charge is 2.35. The predicted molar refractivity (Wildman–Crippen MR) is 99.4 cm³/mol. The Hall–Kier alpha value is -2.15. The van der Waals surface area contributed by atoms with E-state index in [1.807, 2.05) is 35.9 Å². The van der Waals surface area contributed by atoms with Gasteiger partial charge in [0.25, 0.3) is 5.91 Å². The summed E-state index contributed by atoms with van der Waals surface area (Å²) in [6.07, 6.45) is 2.72. The minimum absolute atomic E-state index is 0.0450. The van der Waals surface area contributed by atoms with E-state index in [0.717, 1.165) is 29.8 Å². The standard InChI is InChI=1S/C19H23N3O3S/c1-13-4-3-5-15(10-13)22-18(14-6-7-14)11-17(20-22)19(23)21(2)16-8-9-26(24,25)12-16/h3-5,10-11,14,16H,6-9,12H2,1-2H3. The minimum Gasteiger partial charge on any atom is -0.336 e. The van der Waals surface area contributed by atoms with Gasteiger partial charge >= 0.3 is 0 Å². The molecule has 0 N–H and O–H groups in total. The highest BCUT2D eigenvalue weighted by molar-refractivity contribution is 7.91. The van der Waals surface area contributed by atoms with Gasteiger partial charge in [0.15, 0.2) is 15.5 Å². The van der Waals surface area contributed by atoms with Crippen molar-refractivity contribution in [2.24, 2.45) is 0 Å². The highest BCUT2D eigenvalue weighted by Crippen LogP contribution is 2.41. The maximum atomic E-state index is 12.9. The number of amides is 1. The van der Waals surface area contributed by atoms with Crippen LogP contribution < -0.4 is 0 Å². The van der Waals surface area contributed by atoms with Crippen LogP contribution in [0.25, 0.3) is 5.69 Å². The fraction of sp³-hybridized carbons (Fsp3) is 0.474. The molecule has 2 fully saturated rings. The van der Waals surface area contributed by atoms with E-state index in [0.29, 0.717) is 18.0 Å². The molecule has 2 aliphatic rings. The second-order valence-corrected chi connectivity index (χ2v) is 9.68. The molecule has 1 saturated heterocycles. The van der Waals surface area contributed by atoms with Crippen molar-refractivity contribution in [1.82, 2.24) is 14.7 Å². The topological polar surface area (TPSA) is 72.3 Å². The fourth-order valence-corrected chi connectivity index (χ4v) is 5.34. The van der Waals surface area contributed by atoms with E-state index in [2.05, 4.69) is 11.2 Å². The highest BCUT2D eigenvalue weighted by atomic mass is 32.2. The quantitative estimate of drug-likeness (QED) is 0.824. The largest absolute Gasteiger partial charge is 0.336 e. The summed E-state index contributed by atoms with van der Waals surface area (Å²) in [6, 6.07) is 9.68. The van der Waals surface area contributed by atoms with E-state index in [-0.39, 0.29) is 23.5 Å². The molecule has 1 aromatic carbocycles. The number of carbonyl (C=O) groups excluding carboxylic acids is 1. The molecule has 7 heteroatoms. The van der Waals surface area contributed by atoms with Gasteiger partial charge in [0.1, 0.15) is 0 Å². The third-order valence-electron chi connectivity index (χ3n) is 5.27. The lowest BCUT2D eigenvalue weighted by atomic mass is 10.2. The predicted octanol–water partition coefficient (Wildman–Crippen LogP) is 2.32. The fourth-order valence-electron chi connectivity index (χ4n) is 3.56. The molecule has 0 radical (unpaired) electrons. The van der Waals surface area contributed by atoms with Gasteiger partial charge in [-0.15, -0.1) is 0 Å². The van der Waals surface area contributed by atoms with E-state index in [4.69, 9.17) is 0 Å². The third kappa shape index (κ3) is 3.28. The Morgan fingerprint density at radius 1 is 1.23 bits per heavy atom. The van der Waals surface area contributed by atoms with Crippen molar-refractivity contribution in [2.45, 2.75) is 38.1 Å². The molecule has 1 amide bonds. The smallest absolute Gasteiger partial charge is 0.274 e. The van der Waals surface area contributed by atoms with Crippen LogP contribution in [0.15, 0.2) is 30.3 Å². The molecule has 6 nitrogen and oxygen atoms in total. The van der Waals surface area contributed by atoms with Gasteiger partial charge in [0.2, 0.25) is 0 Å². The Labute approximate surface area is 153 Å². The Bertz CT molecular complexity index is 960. The lowest BCUT2D eigenvalue weighted by Crippen LogP contribution is -2.38. The molecule has 1 atom stereocenters. The van der Waals surface area contributed by atoms with Gasteiger partial charge in [-0.3, -0.25) is 4.79 Å². The number of sulfone groups is 1. The molecule has 2 aromatic rings. The maximum Gasteiger partial charge on any atom is 0.274 e. The molecule has 0 bridgehead atoms. The van der Waals surface area contributed by atoms with Crippen LogP contribution in [-0.2, 0) is 9.84 Å². The summed E-state index contributed by atoms with van der Waals surface area (Å²) in [5, 5.41) is 4.59. The lowest BCUT2D eigenvalue weighted by molar-refractivity contribution is 0.0741. The molecule has 138 valence electrons. The Kier molecular flexibility index (Phi) is 4.14. The normalized spacial score (nSPS) is 21.7. The first-order valence-electron chi connectivity index (χ1n) is 8.99. The maximum absolute atomic E-state index is 12.9. The molecule has 1 aliphatic carbocycles. The van der Waals surface area contributed by atoms with Gasteiger partial charge in [-0.1, -0.05) is 12.1 Å². The second-order valence-electron chi connectivity index (χ2n) is 7.45. The summed E-state index contributed by atoms with van der Waals surface area (Å²) in [7, 11) is -1.35. The van der Waals surface area contributed by atoms with Crippen molar-refractivity contribution in [3.05, 3.63) is 47.3 Å². The van der Waals surface area contributed by atoms with Gasteiger partial charge in [0.05, 0.1) is 17.2 Å². The molecule has 1 aliphatic heterocycles. The summed E-state index contributed by atoms with van der Waals surface area (Å²) in [4.78, 5) is 14.5. The van der Waals surface area contributed by atoms with Crippen molar-refractivity contribution in [3.63, 3.8) is 0 Å². The SMILES string of the molecule is Cc1cccc(-n2nc(C(=O)N(C)C3CCS(=O)(=O)C3)cc2C2CC2)c1. The summed E-state index contributed by atoms with van der Waals surface area (Å²) >= 11 is 0. The van der Waals surface area contributed by atoms with E-state index < -0.39 is 9.84 Å². The van der Waals surface area contributed by atoms with Gasteiger partial charge in [-0.25, -0.2) is 13.1 Å². The Balaban J connectivity index is 1.65. The first kappa shape index (κ1) is 17.3. The Morgan fingerprint density at radius 3 is 2.62 bits per heavy atom. The summed E-state index contributed by atoms with van der Waals surface area (Å²) < 4.78 is 25.3. The van der Waals surface area contributed by atoms with Crippen molar-refractivity contribution >= 4 is 15.7 Å². The van der Waals surface area contributed by atoms with E-state index in [9.17, 15) is 13.2 Å². The number of aryl methyl sites for hydroxylation is 1.